The summed E-state index contributed by atoms with van der Waals surface area (Å²) in [4.78, 5) is 0. The van der Waals surface area contributed by atoms with E-state index in [-0.39, 0.29) is 24.5 Å². The third-order valence-electron chi connectivity index (χ3n) is 6.14. The van der Waals surface area contributed by atoms with Gasteiger partial charge in [-0.05, 0) is 24.1 Å². The molecule has 1 aliphatic carbocycles. The topological polar surface area (TPSA) is 199 Å². The molecule has 8 N–H and O–H groups in total. The predicted octanol–water partition coefficient (Wildman–Crippen LogP) is -3.15. The maximum atomic E-state index is 10.7. The first-order valence-corrected chi connectivity index (χ1v) is 10.6. The second-order valence-corrected chi connectivity index (χ2v) is 8.26. The van der Waals surface area contributed by atoms with E-state index in [4.69, 9.17) is 18.9 Å². The van der Waals surface area contributed by atoms with Gasteiger partial charge in [-0.3, -0.25) is 0 Å². The summed E-state index contributed by atoms with van der Waals surface area (Å²) < 4.78 is 22.2. The smallest absolute Gasteiger partial charge is 0.229 e. The Hall–Kier alpha value is -1.58. The minimum Gasteiger partial charge on any atom is -0.493 e. The molecule has 10 atom stereocenters. The van der Waals surface area contributed by atoms with Crippen LogP contribution in [0.5, 0.6) is 11.5 Å². The van der Waals surface area contributed by atoms with Crippen molar-refractivity contribution < 1.29 is 59.8 Å². The van der Waals surface area contributed by atoms with Gasteiger partial charge in [0.25, 0.3) is 0 Å². The second-order valence-electron chi connectivity index (χ2n) is 8.26. The van der Waals surface area contributed by atoms with Crippen molar-refractivity contribution in [3.05, 3.63) is 23.8 Å². The molecule has 2 aliphatic rings. The van der Waals surface area contributed by atoms with Crippen LogP contribution in [0.4, 0.5) is 0 Å². The summed E-state index contributed by atoms with van der Waals surface area (Å²) in [7, 11) is 1.39. The second kappa shape index (κ2) is 11.2. The quantitative estimate of drug-likeness (QED) is 0.188. The minimum atomic E-state index is -1.63. The van der Waals surface area contributed by atoms with Gasteiger partial charge < -0.3 is 59.8 Å². The van der Waals surface area contributed by atoms with E-state index in [1.54, 1.807) is 6.07 Å². The van der Waals surface area contributed by atoms with Gasteiger partial charge in [0, 0.05) is 12.5 Å². The molecule has 1 saturated carbocycles. The molecule has 1 aromatic carbocycles. The molecule has 3 rings (SSSR count). The molecule has 1 aromatic rings. The fourth-order valence-electron chi connectivity index (χ4n) is 4.15. The van der Waals surface area contributed by atoms with Crippen LogP contribution in [0.15, 0.2) is 18.2 Å². The molecule has 0 radical (unpaired) electrons. The van der Waals surface area contributed by atoms with Gasteiger partial charge >= 0.3 is 0 Å². The Kier molecular flexibility index (Phi) is 8.86. The first kappa shape index (κ1) is 26.0. The van der Waals surface area contributed by atoms with Crippen LogP contribution in [0.3, 0.4) is 0 Å². The molecule has 1 heterocycles. The van der Waals surface area contributed by atoms with E-state index in [0.29, 0.717) is 5.56 Å². The normalized spacial score (nSPS) is 39.3. The van der Waals surface area contributed by atoms with E-state index < -0.39 is 74.3 Å². The number of hydrogen-bond acceptors (Lipinski definition) is 12. The lowest BCUT2D eigenvalue weighted by molar-refractivity contribution is -0.303. The van der Waals surface area contributed by atoms with Crippen LogP contribution in [0, 0.1) is 5.92 Å². The van der Waals surface area contributed by atoms with Crippen molar-refractivity contribution >= 4 is 0 Å². The van der Waals surface area contributed by atoms with Crippen molar-refractivity contribution in [1.29, 1.82) is 0 Å². The van der Waals surface area contributed by atoms with Crippen LogP contribution < -0.4 is 9.47 Å². The fourth-order valence-corrected chi connectivity index (χ4v) is 4.15. The van der Waals surface area contributed by atoms with Crippen molar-refractivity contribution in [3.63, 3.8) is 0 Å². The highest BCUT2D eigenvalue weighted by Gasteiger charge is 2.50. The molecule has 0 amide bonds. The molecular weight excluding hydrogens is 444 g/mol. The van der Waals surface area contributed by atoms with Crippen LogP contribution in [-0.4, -0.2) is 116 Å². The van der Waals surface area contributed by atoms with Gasteiger partial charge in [-0.15, -0.1) is 0 Å². The molecule has 1 saturated heterocycles. The Morgan fingerprint density at radius 1 is 0.879 bits per heavy atom. The number of aliphatic hydroxyl groups is 8. The zero-order chi connectivity index (χ0) is 24.3. The molecule has 10 unspecified atom stereocenters. The number of hydrogen-bond donors (Lipinski definition) is 8. The van der Waals surface area contributed by atoms with Gasteiger partial charge in [-0.25, -0.2) is 0 Å². The number of aliphatic hydroxyl groups excluding tert-OH is 8. The van der Waals surface area contributed by atoms with Gasteiger partial charge in [0.2, 0.25) is 6.29 Å². The van der Waals surface area contributed by atoms with E-state index in [1.165, 1.54) is 19.2 Å². The number of ether oxygens (including phenoxy) is 4. The first-order valence-electron chi connectivity index (χ1n) is 10.6. The maximum absolute atomic E-state index is 10.7. The predicted molar refractivity (Wildman–Crippen MR) is 109 cm³/mol. The first-order chi connectivity index (χ1) is 15.7. The zero-order valence-electron chi connectivity index (χ0n) is 18.0. The summed E-state index contributed by atoms with van der Waals surface area (Å²) in [6, 6.07) is 4.59. The Morgan fingerprint density at radius 2 is 1.61 bits per heavy atom. The van der Waals surface area contributed by atoms with Crippen molar-refractivity contribution in [2.75, 3.05) is 20.3 Å². The summed E-state index contributed by atoms with van der Waals surface area (Å²) >= 11 is 0. The number of benzene rings is 1. The van der Waals surface area contributed by atoms with Crippen LogP contribution in [0.25, 0.3) is 0 Å². The fraction of sp³-hybridized carbons (Fsp3) is 0.714. The van der Waals surface area contributed by atoms with E-state index >= 15 is 0 Å². The Labute approximate surface area is 190 Å². The Morgan fingerprint density at radius 3 is 2.21 bits per heavy atom. The van der Waals surface area contributed by atoms with Crippen molar-refractivity contribution in [3.8, 4) is 11.5 Å². The standard InChI is InChI=1S/C21H32O12/c1-30-12-4-9(6-22)2-3-11(12)32-21-19(29)18(28)20(14(8-24)33-21)31-13-5-10(7-23)15(25)17(27)16(13)26/h2-4,10,13-29H,5-8H2,1H3. The Balaban J connectivity index is 1.74. The molecular formula is C21H32O12. The molecule has 33 heavy (non-hydrogen) atoms. The van der Waals surface area contributed by atoms with Gasteiger partial charge in [0.15, 0.2) is 11.5 Å². The minimum absolute atomic E-state index is 0.0400. The molecule has 12 heteroatoms. The molecule has 1 aliphatic heterocycles. The average molecular weight is 476 g/mol. The summed E-state index contributed by atoms with van der Waals surface area (Å²) in [6.45, 7) is -1.32. The largest absolute Gasteiger partial charge is 0.493 e. The molecule has 0 bridgehead atoms. The van der Waals surface area contributed by atoms with E-state index in [2.05, 4.69) is 0 Å². The lowest BCUT2D eigenvalue weighted by Crippen LogP contribution is -2.63. The average Bonchev–Trinajstić information content (AvgIpc) is 2.83. The number of rotatable bonds is 8. The summed E-state index contributed by atoms with van der Waals surface area (Å²) in [6.07, 6.45) is -12.8. The van der Waals surface area contributed by atoms with Gasteiger partial charge in [-0.1, -0.05) is 6.07 Å². The molecule has 0 spiro atoms. The van der Waals surface area contributed by atoms with Crippen LogP contribution in [0.2, 0.25) is 0 Å². The van der Waals surface area contributed by atoms with Crippen LogP contribution in [-0.2, 0) is 16.1 Å². The highest BCUT2D eigenvalue weighted by Crippen LogP contribution is 2.35. The SMILES string of the molecule is COc1cc(CO)ccc1OC1OC(CO)C(OC2CC(CO)C(O)C(O)C2O)C(O)C1O. The third-order valence-corrected chi connectivity index (χ3v) is 6.14. The molecule has 188 valence electrons. The van der Waals surface area contributed by atoms with E-state index in [1.807, 2.05) is 0 Å². The monoisotopic (exact) mass is 476 g/mol. The van der Waals surface area contributed by atoms with Gasteiger partial charge in [-0.2, -0.15) is 0 Å². The Bertz CT molecular complexity index is 759. The van der Waals surface area contributed by atoms with Crippen LogP contribution in [0.1, 0.15) is 12.0 Å². The summed E-state index contributed by atoms with van der Waals surface area (Å²) in [5.41, 5.74) is 0.561. The number of methoxy groups -OCH3 is 1. The lowest BCUT2D eigenvalue weighted by atomic mass is 9.81. The molecule has 2 fully saturated rings. The van der Waals surface area contributed by atoms with Gasteiger partial charge in [0.05, 0.1) is 32.5 Å². The maximum Gasteiger partial charge on any atom is 0.229 e. The molecule has 0 aromatic heterocycles. The third kappa shape index (κ3) is 5.41. The van der Waals surface area contributed by atoms with Crippen molar-refractivity contribution in [1.82, 2.24) is 0 Å². The van der Waals surface area contributed by atoms with Gasteiger partial charge in [0.1, 0.15) is 36.6 Å². The molecule has 12 nitrogen and oxygen atoms in total. The van der Waals surface area contributed by atoms with Crippen molar-refractivity contribution in [2.24, 2.45) is 5.92 Å². The van der Waals surface area contributed by atoms with Crippen molar-refractivity contribution in [2.45, 2.75) is 68.1 Å². The lowest BCUT2D eigenvalue weighted by Gasteiger charge is -2.46. The highest BCUT2D eigenvalue weighted by atomic mass is 16.7. The van der Waals surface area contributed by atoms with E-state index in [0.717, 1.165) is 0 Å². The summed E-state index contributed by atoms with van der Waals surface area (Å²) in [5, 5.41) is 80.1. The zero-order valence-corrected chi connectivity index (χ0v) is 18.0. The highest BCUT2D eigenvalue weighted by molar-refractivity contribution is 5.43. The summed E-state index contributed by atoms with van der Waals surface area (Å²) in [5.74, 6) is -0.371. The van der Waals surface area contributed by atoms with Crippen LogP contribution >= 0.6 is 0 Å². The van der Waals surface area contributed by atoms with E-state index in [9.17, 15) is 40.9 Å².